The van der Waals surface area contributed by atoms with Crippen molar-refractivity contribution in [2.45, 2.75) is 0 Å². The van der Waals surface area contributed by atoms with Crippen molar-refractivity contribution in [2.24, 2.45) is 5.16 Å². The van der Waals surface area contributed by atoms with E-state index in [2.05, 4.69) is 45.7 Å². The molecule has 0 bridgehead atoms. The van der Waals surface area contributed by atoms with Gasteiger partial charge in [0.1, 0.15) is 25.2 Å². The van der Waals surface area contributed by atoms with Crippen LogP contribution in [-0.4, -0.2) is 66.6 Å². The van der Waals surface area contributed by atoms with Gasteiger partial charge in [0, 0.05) is 40.8 Å². The van der Waals surface area contributed by atoms with Gasteiger partial charge in [-0.15, -0.1) is 6.58 Å². The minimum Gasteiger partial charge on any atom is -0.490 e. The van der Waals surface area contributed by atoms with Crippen LogP contribution < -0.4 is 4.74 Å². The summed E-state index contributed by atoms with van der Waals surface area (Å²) in [5.41, 5.74) is 2.73. The molecule has 0 aliphatic heterocycles. The van der Waals surface area contributed by atoms with Crippen LogP contribution in [-0.2, 0) is 14.4 Å². The Hall–Kier alpha value is -3.69. The average molecular weight is 545 g/mol. The summed E-state index contributed by atoms with van der Waals surface area (Å²) in [7, 11) is 3.60. The van der Waals surface area contributed by atoms with Crippen LogP contribution in [0.5, 0.6) is 5.75 Å². The van der Waals surface area contributed by atoms with Gasteiger partial charge in [0.05, 0.1) is 0 Å². The first-order valence-corrected chi connectivity index (χ1v) is 11.2. The lowest BCUT2D eigenvalue weighted by molar-refractivity contribution is -0.134. The Morgan fingerprint density at radius 2 is 1.51 bits per heavy atom. The van der Waals surface area contributed by atoms with Crippen LogP contribution in [0.2, 0.25) is 0 Å². The number of carbonyl (C=O) groups is 2. The van der Waals surface area contributed by atoms with Gasteiger partial charge in [-0.1, -0.05) is 51.4 Å². The molecule has 0 atom stereocenters. The van der Waals surface area contributed by atoms with Gasteiger partial charge in [-0.05, 0) is 43.4 Å². The number of rotatable bonds is 12. The highest BCUT2D eigenvalue weighted by Crippen LogP contribution is 2.18. The van der Waals surface area contributed by atoms with Gasteiger partial charge in [-0.25, -0.2) is 9.59 Å². The molecule has 0 heterocycles. The number of halogens is 1. The summed E-state index contributed by atoms with van der Waals surface area (Å²) in [6.45, 7) is 6.01. The quantitative estimate of drug-likeness (QED) is 0.174. The highest BCUT2D eigenvalue weighted by atomic mass is 79.9. The van der Waals surface area contributed by atoms with E-state index in [1.165, 1.54) is 0 Å². The fourth-order valence-electron chi connectivity index (χ4n) is 2.58. The molecular formula is C26H29BrN2O6. The molecule has 2 aromatic carbocycles. The third-order valence-electron chi connectivity index (χ3n) is 4.17. The zero-order valence-electron chi connectivity index (χ0n) is 19.6. The highest BCUT2D eigenvalue weighted by molar-refractivity contribution is 9.10. The maximum Gasteiger partial charge on any atom is 0.328 e. The molecule has 9 heteroatoms. The van der Waals surface area contributed by atoms with E-state index < -0.39 is 11.9 Å². The van der Waals surface area contributed by atoms with E-state index in [1.54, 1.807) is 7.11 Å². The molecule has 2 aromatic rings. The van der Waals surface area contributed by atoms with E-state index in [0.29, 0.717) is 18.8 Å². The Kier molecular flexibility index (Phi) is 14.1. The SMILES string of the molecule is C=CCN(C)C/C=C/COc1ccc(/C(=N/OC)c2ccc(Br)cc2)cc1.O=C(O)/C=C/C(=O)O. The Morgan fingerprint density at radius 3 is 2.00 bits per heavy atom. The maximum atomic E-state index is 9.55. The molecule has 0 saturated heterocycles. The zero-order valence-corrected chi connectivity index (χ0v) is 21.2. The van der Waals surface area contributed by atoms with Crippen molar-refractivity contribution in [1.29, 1.82) is 0 Å². The van der Waals surface area contributed by atoms with Crippen LogP contribution in [0.1, 0.15) is 11.1 Å². The molecule has 0 aromatic heterocycles. The van der Waals surface area contributed by atoms with Crippen LogP contribution in [0.15, 0.2) is 95.1 Å². The molecule has 8 nitrogen and oxygen atoms in total. The number of carboxylic acid groups (broad SMARTS) is 2. The minimum atomic E-state index is -1.26. The number of oxime groups is 1. The average Bonchev–Trinajstić information content (AvgIpc) is 2.83. The van der Waals surface area contributed by atoms with E-state index in [0.717, 1.165) is 40.2 Å². The first-order valence-electron chi connectivity index (χ1n) is 10.5. The molecule has 186 valence electrons. The van der Waals surface area contributed by atoms with Crippen LogP contribution >= 0.6 is 15.9 Å². The number of aliphatic carboxylic acids is 2. The molecule has 0 spiro atoms. The summed E-state index contributed by atoms with van der Waals surface area (Å²) in [4.78, 5) is 26.3. The number of hydrogen-bond acceptors (Lipinski definition) is 6. The number of benzene rings is 2. The molecule has 0 radical (unpaired) electrons. The molecule has 0 saturated carbocycles. The summed E-state index contributed by atoms with van der Waals surface area (Å²) >= 11 is 3.45. The van der Waals surface area contributed by atoms with E-state index in [-0.39, 0.29) is 0 Å². The molecule has 2 N–H and O–H groups in total. The number of hydrogen-bond donors (Lipinski definition) is 2. The largest absolute Gasteiger partial charge is 0.490 e. The topological polar surface area (TPSA) is 109 Å². The molecule has 0 aliphatic carbocycles. The van der Waals surface area contributed by atoms with Gasteiger partial charge in [-0.3, -0.25) is 4.90 Å². The summed E-state index contributed by atoms with van der Waals surface area (Å²) in [6, 6.07) is 15.8. The summed E-state index contributed by atoms with van der Waals surface area (Å²) in [5, 5.41) is 19.8. The van der Waals surface area contributed by atoms with Crippen molar-refractivity contribution in [3.63, 3.8) is 0 Å². The first kappa shape index (κ1) is 29.3. The lowest BCUT2D eigenvalue weighted by Crippen LogP contribution is -2.17. The van der Waals surface area contributed by atoms with E-state index in [4.69, 9.17) is 19.8 Å². The standard InChI is InChI=1S/C22H25BrN2O2.C4H4O4/c1-4-15-25(2)16-5-6-17-27-21-13-9-19(10-14-21)22(24-26-3)18-7-11-20(23)12-8-18;5-3(6)1-2-4(7)8/h4-14H,1,15-17H2,2-3H3;1-2H,(H,5,6)(H,7,8)/b6-5+,24-22+;2-1+. The monoisotopic (exact) mass is 544 g/mol. The van der Waals surface area contributed by atoms with Gasteiger partial charge in [0.15, 0.2) is 0 Å². The normalized spacial score (nSPS) is 11.3. The molecule has 0 aliphatic rings. The van der Waals surface area contributed by atoms with Crippen molar-refractivity contribution in [3.8, 4) is 5.75 Å². The van der Waals surface area contributed by atoms with Crippen LogP contribution in [0, 0.1) is 0 Å². The fraction of sp³-hybridized carbons (Fsp3) is 0.192. The van der Waals surface area contributed by atoms with E-state index in [1.807, 2.05) is 60.7 Å². The first-order chi connectivity index (χ1) is 16.8. The number of carboxylic acids is 2. The maximum absolute atomic E-state index is 9.55. The van der Waals surface area contributed by atoms with Crippen molar-refractivity contribution in [2.75, 3.05) is 33.9 Å². The Morgan fingerprint density at radius 1 is 0.971 bits per heavy atom. The molecule has 0 amide bonds. The Balaban J connectivity index is 0.000000658. The second kappa shape index (κ2) is 16.9. The van der Waals surface area contributed by atoms with Gasteiger partial charge < -0.3 is 19.8 Å². The lowest BCUT2D eigenvalue weighted by Gasteiger charge is -2.10. The van der Waals surface area contributed by atoms with E-state index >= 15 is 0 Å². The van der Waals surface area contributed by atoms with Crippen molar-refractivity contribution < 1.29 is 29.4 Å². The number of nitrogens with zero attached hydrogens (tertiary/aromatic N) is 2. The molecular weight excluding hydrogens is 516 g/mol. The van der Waals surface area contributed by atoms with Crippen LogP contribution in [0.3, 0.4) is 0 Å². The zero-order chi connectivity index (χ0) is 26.1. The fourth-order valence-corrected chi connectivity index (χ4v) is 2.85. The number of likely N-dealkylation sites (N-methyl/N-ethyl adjacent to an activating group) is 1. The molecule has 2 rings (SSSR count). The van der Waals surface area contributed by atoms with Crippen molar-refractivity contribution in [1.82, 2.24) is 4.90 Å². The van der Waals surface area contributed by atoms with Crippen molar-refractivity contribution in [3.05, 3.63) is 101 Å². The lowest BCUT2D eigenvalue weighted by atomic mass is 10.0. The van der Waals surface area contributed by atoms with Gasteiger partial charge in [0.2, 0.25) is 0 Å². The second-order valence-corrected chi connectivity index (χ2v) is 7.87. The van der Waals surface area contributed by atoms with Gasteiger partial charge in [-0.2, -0.15) is 0 Å². The number of ether oxygens (including phenoxy) is 1. The Bertz CT molecular complexity index is 1010. The van der Waals surface area contributed by atoms with Crippen LogP contribution in [0.4, 0.5) is 0 Å². The minimum absolute atomic E-state index is 0.535. The molecule has 0 unspecified atom stereocenters. The summed E-state index contributed by atoms with van der Waals surface area (Å²) < 4.78 is 6.78. The van der Waals surface area contributed by atoms with Gasteiger partial charge >= 0.3 is 11.9 Å². The highest BCUT2D eigenvalue weighted by Gasteiger charge is 2.08. The van der Waals surface area contributed by atoms with Gasteiger partial charge in [0.25, 0.3) is 0 Å². The summed E-state index contributed by atoms with van der Waals surface area (Å²) in [5.74, 6) is -1.70. The van der Waals surface area contributed by atoms with Crippen molar-refractivity contribution >= 4 is 33.6 Å². The van der Waals surface area contributed by atoms with Crippen LogP contribution in [0.25, 0.3) is 0 Å². The molecule has 35 heavy (non-hydrogen) atoms. The Labute approximate surface area is 213 Å². The second-order valence-electron chi connectivity index (χ2n) is 6.96. The molecule has 0 fully saturated rings. The third-order valence-corrected chi connectivity index (χ3v) is 4.70. The third kappa shape index (κ3) is 13.0. The smallest absolute Gasteiger partial charge is 0.328 e. The van der Waals surface area contributed by atoms with E-state index in [9.17, 15) is 9.59 Å². The predicted octanol–water partition coefficient (Wildman–Crippen LogP) is 4.61. The summed E-state index contributed by atoms with van der Waals surface area (Å²) in [6.07, 6.45) is 7.12. The predicted molar refractivity (Wildman–Crippen MR) is 140 cm³/mol.